The molecule has 2 N–H and O–H groups in total. The summed E-state index contributed by atoms with van der Waals surface area (Å²) in [6.45, 7) is 4.09. The van der Waals surface area contributed by atoms with Crippen LogP contribution in [0.1, 0.15) is 23.4 Å². The fourth-order valence-electron chi connectivity index (χ4n) is 1.91. The van der Waals surface area contributed by atoms with Gasteiger partial charge in [0, 0.05) is 16.6 Å². The van der Waals surface area contributed by atoms with Crippen LogP contribution in [-0.2, 0) is 0 Å². The molecule has 3 aromatic heterocycles. The van der Waals surface area contributed by atoms with E-state index in [-0.39, 0.29) is 11.3 Å². The molecule has 3 rings (SSSR count). The van der Waals surface area contributed by atoms with Crippen molar-refractivity contribution in [2.45, 2.75) is 19.9 Å². The van der Waals surface area contributed by atoms with Crippen molar-refractivity contribution in [1.29, 1.82) is 0 Å². The largest absolute Gasteiger partial charge is 0.363 e. The standard InChI is InChI=1S/C12H12ClN5S/c1-6-3-9-10(17-12(13)18-11(9)19-6)16-7(2)8-4-14-15-5-8/h3-5,7H,1-2H3,(H,14,15)(H,16,17,18). The summed E-state index contributed by atoms with van der Waals surface area (Å²) in [5, 5.41) is 11.4. The Bertz CT molecular complexity index is 706. The zero-order chi connectivity index (χ0) is 13.4. The van der Waals surface area contributed by atoms with Crippen LogP contribution in [0.3, 0.4) is 0 Å². The normalized spacial score (nSPS) is 12.8. The number of hydrogen-bond donors (Lipinski definition) is 2. The Morgan fingerprint density at radius 1 is 1.42 bits per heavy atom. The predicted octanol–water partition coefficient (Wildman–Crippen LogP) is 3.55. The van der Waals surface area contributed by atoms with E-state index in [0.717, 1.165) is 21.6 Å². The van der Waals surface area contributed by atoms with Crippen molar-refractivity contribution >= 4 is 39.0 Å². The average molecular weight is 294 g/mol. The lowest BCUT2D eigenvalue weighted by atomic mass is 10.2. The topological polar surface area (TPSA) is 66.5 Å². The molecular formula is C12H12ClN5S. The summed E-state index contributed by atoms with van der Waals surface area (Å²) >= 11 is 7.58. The smallest absolute Gasteiger partial charge is 0.225 e. The van der Waals surface area contributed by atoms with Crippen LogP contribution < -0.4 is 5.32 Å². The molecule has 0 fully saturated rings. The molecule has 0 aliphatic heterocycles. The highest BCUT2D eigenvalue weighted by molar-refractivity contribution is 7.18. The summed E-state index contributed by atoms with van der Waals surface area (Å²) < 4.78 is 0. The number of aromatic nitrogens is 4. The minimum atomic E-state index is 0.0909. The molecular weight excluding hydrogens is 282 g/mol. The molecule has 1 atom stereocenters. The monoisotopic (exact) mass is 293 g/mol. The molecule has 7 heteroatoms. The molecule has 3 heterocycles. The summed E-state index contributed by atoms with van der Waals surface area (Å²) in [7, 11) is 0. The minimum Gasteiger partial charge on any atom is -0.363 e. The zero-order valence-electron chi connectivity index (χ0n) is 10.4. The Hall–Kier alpha value is -1.66. The Kier molecular flexibility index (Phi) is 3.12. The van der Waals surface area contributed by atoms with E-state index in [9.17, 15) is 0 Å². The van der Waals surface area contributed by atoms with Crippen LogP contribution in [0.25, 0.3) is 10.2 Å². The number of nitrogens with one attached hydrogen (secondary N) is 2. The van der Waals surface area contributed by atoms with Crippen LogP contribution in [0.15, 0.2) is 18.5 Å². The molecule has 0 aromatic carbocycles. The molecule has 1 unspecified atom stereocenters. The van der Waals surface area contributed by atoms with Gasteiger partial charge < -0.3 is 5.32 Å². The van der Waals surface area contributed by atoms with E-state index >= 15 is 0 Å². The number of halogens is 1. The van der Waals surface area contributed by atoms with E-state index in [0.29, 0.717) is 0 Å². The molecule has 19 heavy (non-hydrogen) atoms. The summed E-state index contributed by atoms with van der Waals surface area (Å²) in [6, 6.07) is 2.16. The molecule has 0 bridgehead atoms. The van der Waals surface area contributed by atoms with E-state index in [1.165, 1.54) is 4.88 Å². The lowest BCUT2D eigenvalue weighted by Gasteiger charge is -2.13. The number of anilines is 1. The number of fused-ring (bicyclic) bond motifs is 1. The number of H-pyrrole nitrogens is 1. The van der Waals surface area contributed by atoms with E-state index in [1.807, 2.05) is 20.0 Å². The Morgan fingerprint density at radius 3 is 3.00 bits per heavy atom. The number of hydrogen-bond acceptors (Lipinski definition) is 5. The average Bonchev–Trinajstić information content (AvgIpc) is 2.96. The Labute approximate surface area is 119 Å². The van der Waals surface area contributed by atoms with Gasteiger partial charge in [-0.05, 0) is 31.5 Å². The lowest BCUT2D eigenvalue weighted by molar-refractivity contribution is 0.877. The first-order valence-corrected chi connectivity index (χ1v) is 7.02. The third-order valence-corrected chi connectivity index (χ3v) is 3.97. The number of aromatic amines is 1. The van der Waals surface area contributed by atoms with Crippen LogP contribution in [0, 0.1) is 6.92 Å². The second-order valence-electron chi connectivity index (χ2n) is 4.31. The van der Waals surface area contributed by atoms with Crippen molar-refractivity contribution in [3.63, 3.8) is 0 Å². The van der Waals surface area contributed by atoms with E-state index < -0.39 is 0 Å². The van der Waals surface area contributed by atoms with Gasteiger partial charge in [0.1, 0.15) is 10.6 Å². The first-order valence-electron chi connectivity index (χ1n) is 5.82. The fourth-order valence-corrected chi connectivity index (χ4v) is 3.01. The van der Waals surface area contributed by atoms with Crippen LogP contribution in [0.5, 0.6) is 0 Å². The SMILES string of the molecule is Cc1cc2c(NC(C)c3cn[nH]c3)nc(Cl)nc2s1. The maximum atomic E-state index is 5.97. The van der Waals surface area contributed by atoms with Crippen LogP contribution in [-0.4, -0.2) is 20.2 Å². The molecule has 0 radical (unpaired) electrons. The minimum absolute atomic E-state index is 0.0909. The first-order chi connectivity index (χ1) is 9.13. The van der Waals surface area contributed by atoms with Gasteiger partial charge in [0.2, 0.25) is 5.28 Å². The third-order valence-electron chi connectivity index (χ3n) is 2.86. The van der Waals surface area contributed by atoms with Gasteiger partial charge in [-0.15, -0.1) is 11.3 Å². The van der Waals surface area contributed by atoms with Crippen molar-refractivity contribution in [1.82, 2.24) is 20.2 Å². The van der Waals surface area contributed by atoms with Crippen LogP contribution in [0.2, 0.25) is 5.28 Å². The lowest BCUT2D eigenvalue weighted by Crippen LogP contribution is -2.07. The van der Waals surface area contributed by atoms with E-state index in [2.05, 4.69) is 31.5 Å². The molecule has 0 aliphatic rings. The van der Waals surface area contributed by atoms with Crippen molar-refractivity contribution < 1.29 is 0 Å². The van der Waals surface area contributed by atoms with Gasteiger partial charge in [0.05, 0.1) is 17.6 Å². The Balaban J connectivity index is 2.00. The zero-order valence-corrected chi connectivity index (χ0v) is 12.0. The highest BCUT2D eigenvalue weighted by atomic mass is 35.5. The quantitative estimate of drug-likeness (QED) is 0.725. The van der Waals surface area contributed by atoms with Gasteiger partial charge >= 0.3 is 0 Å². The van der Waals surface area contributed by atoms with Crippen molar-refractivity contribution in [3.05, 3.63) is 34.2 Å². The highest BCUT2D eigenvalue weighted by Gasteiger charge is 2.13. The number of aryl methyl sites for hydroxylation is 1. The van der Waals surface area contributed by atoms with E-state index in [4.69, 9.17) is 11.6 Å². The highest BCUT2D eigenvalue weighted by Crippen LogP contribution is 2.31. The molecule has 5 nitrogen and oxygen atoms in total. The molecule has 0 amide bonds. The molecule has 0 saturated carbocycles. The van der Waals surface area contributed by atoms with Crippen LogP contribution in [0.4, 0.5) is 5.82 Å². The summed E-state index contributed by atoms with van der Waals surface area (Å²) in [5.74, 6) is 0.757. The molecule has 0 saturated heterocycles. The molecule has 0 aliphatic carbocycles. The number of thiophene rings is 1. The van der Waals surface area contributed by atoms with Gasteiger partial charge in [-0.2, -0.15) is 5.10 Å². The van der Waals surface area contributed by atoms with Crippen molar-refractivity contribution in [2.24, 2.45) is 0 Å². The second-order valence-corrected chi connectivity index (χ2v) is 5.89. The van der Waals surface area contributed by atoms with Crippen LogP contribution >= 0.6 is 22.9 Å². The van der Waals surface area contributed by atoms with Crippen molar-refractivity contribution in [2.75, 3.05) is 5.32 Å². The first kappa shape index (κ1) is 12.4. The summed E-state index contributed by atoms with van der Waals surface area (Å²) in [6.07, 6.45) is 3.65. The molecule has 3 aromatic rings. The van der Waals surface area contributed by atoms with Gasteiger partial charge in [-0.25, -0.2) is 9.97 Å². The van der Waals surface area contributed by atoms with Gasteiger partial charge in [0.25, 0.3) is 0 Å². The summed E-state index contributed by atoms with van der Waals surface area (Å²) in [5.41, 5.74) is 1.06. The van der Waals surface area contributed by atoms with Gasteiger partial charge in [-0.3, -0.25) is 5.10 Å². The molecule has 98 valence electrons. The maximum Gasteiger partial charge on any atom is 0.225 e. The number of rotatable bonds is 3. The fraction of sp³-hybridized carbons (Fsp3) is 0.250. The maximum absolute atomic E-state index is 5.97. The van der Waals surface area contributed by atoms with E-state index in [1.54, 1.807) is 17.5 Å². The number of nitrogens with zero attached hydrogens (tertiary/aromatic N) is 3. The Morgan fingerprint density at radius 2 is 2.26 bits per heavy atom. The second kappa shape index (κ2) is 4.79. The predicted molar refractivity (Wildman–Crippen MR) is 77.8 cm³/mol. The van der Waals surface area contributed by atoms with Gasteiger partial charge in [-0.1, -0.05) is 0 Å². The van der Waals surface area contributed by atoms with Gasteiger partial charge in [0.15, 0.2) is 0 Å². The van der Waals surface area contributed by atoms with Crippen molar-refractivity contribution in [3.8, 4) is 0 Å². The molecule has 0 spiro atoms. The summed E-state index contributed by atoms with van der Waals surface area (Å²) in [4.78, 5) is 10.6. The third kappa shape index (κ3) is 2.41.